The van der Waals surface area contributed by atoms with Crippen LogP contribution in [0.25, 0.3) is 0 Å². The van der Waals surface area contributed by atoms with Crippen molar-refractivity contribution in [1.82, 2.24) is 0 Å². The Kier molecular flexibility index (Phi) is 4.03. The lowest BCUT2D eigenvalue weighted by atomic mass is 9.46. The van der Waals surface area contributed by atoms with Crippen LogP contribution in [0.15, 0.2) is 0 Å². The average Bonchev–Trinajstić information content (AvgIpc) is 2.00. The van der Waals surface area contributed by atoms with Crippen molar-refractivity contribution >= 4 is 0 Å². The Balaban J connectivity index is 5.53. The molecule has 0 spiro atoms. The molecule has 0 nitrogen and oxygen atoms in total. The van der Waals surface area contributed by atoms with Crippen molar-refractivity contribution in [2.24, 2.45) is 27.6 Å². The molecule has 0 rings (SSSR count). The van der Waals surface area contributed by atoms with Crippen molar-refractivity contribution in [1.29, 1.82) is 0 Å². The van der Waals surface area contributed by atoms with E-state index in [4.69, 9.17) is 0 Å². The molecule has 0 unspecified atom stereocenters. The van der Waals surface area contributed by atoms with Crippen LogP contribution < -0.4 is 0 Å². The fourth-order valence-electron chi connectivity index (χ4n) is 2.46. The summed E-state index contributed by atoms with van der Waals surface area (Å²) in [4.78, 5) is 0. The molecule has 0 N–H and O–H groups in total. The number of rotatable bonds is 3. The zero-order valence-corrected chi connectivity index (χ0v) is 13.6. The van der Waals surface area contributed by atoms with E-state index < -0.39 is 0 Å². The predicted molar refractivity (Wildman–Crippen MR) is 75.6 cm³/mol. The second kappa shape index (κ2) is 4.03. The third kappa shape index (κ3) is 2.17. The summed E-state index contributed by atoms with van der Waals surface area (Å²) in [7, 11) is 0. The lowest BCUT2D eigenvalue weighted by Crippen LogP contribution is -2.52. The highest BCUT2D eigenvalue weighted by atomic mass is 14.6. The average molecular weight is 226 g/mol. The molecule has 0 aromatic rings. The molecule has 0 fully saturated rings. The van der Waals surface area contributed by atoms with E-state index in [1.165, 1.54) is 0 Å². The van der Waals surface area contributed by atoms with E-state index in [0.717, 1.165) is 0 Å². The Morgan fingerprint density at radius 1 is 0.562 bits per heavy atom. The standard InChI is InChI=1S/C16H34/c1-12(2)14(6,7)16(10,11)15(8,9)13(3,4)5/h12H,1-11H3. The summed E-state index contributed by atoms with van der Waals surface area (Å²) in [6, 6.07) is 0. The molecule has 0 saturated carbocycles. The SMILES string of the molecule is CC(C)C(C)(C)C(C)(C)C(C)(C)C(C)(C)C. The first kappa shape index (κ1) is 16.0. The summed E-state index contributed by atoms with van der Waals surface area (Å²) >= 11 is 0. The van der Waals surface area contributed by atoms with E-state index in [1.54, 1.807) is 0 Å². The van der Waals surface area contributed by atoms with Gasteiger partial charge in [0.1, 0.15) is 0 Å². The van der Waals surface area contributed by atoms with E-state index in [2.05, 4.69) is 76.2 Å². The van der Waals surface area contributed by atoms with Gasteiger partial charge in [0.15, 0.2) is 0 Å². The maximum atomic E-state index is 2.44. The molecule has 98 valence electrons. The van der Waals surface area contributed by atoms with Crippen molar-refractivity contribution in [2.75, 3.05) is 0 Å². The summed E-state index contributed by atoms with van der Waals surface area (Å²) < 4.78 is 0. The van der Waals surface area contributed by atoms with Crippen LogP contribution in [0.3, 0.4) is 0 Å². The first-order valence-electron chi connectivity index (χ1n) is 6.69. The van der Waals surface area contributed by atoms with Gasteiger partial charge in [0, 0.05) is 0 Å². The molecule has 0 aromatic carbocycles. The second-order valence-corrected chi connectivity index (χ2v) is 8.38. The molecule has 0 saturated heterocycles. The first-order chi connectivity index (χ1) is 6.69. The minimum Gasteiger partial charge on any atom is -0.0622 e. The molecule has 0 atom stereocenters. The van der Waals surface area contributed by atoms with E-state index in [-0.39, 0.29) is 0 Å². The maximum absolute atomic E-state index is 2.44. The molecule has 0 amide bonds. The van der Waals surface area contributed by atoms with Crippen molar-refractivity contribution in [3.8, 4) is 0 Å². The number of hydrogen-bond donors (Lipinski definition) is 0. The van der Waals surface area contributed by atoms with Gasteiger partial charge in [0.05, 0.1) is 0 Å². The Bertz CT molecular complexity index is 233. The van der Waals surface area contributed by atoms with Gasteiger partial charge in [-0.15, -0.1) is 0 Å². The summed E-state index contributed by atoms with van der Waals surface area (Å²) in [6.45, 7) is 26.4. The van der Waals surface area contributed by atoms with Crippen LogP contribution in [-0.4, -0.2) is 0 Å². The van der Waals surface area contributed by atoms with Gasteiger partial charge in [-0.2, -0.15) is 0 Å². The Morgan fingerprint density at radius 2 is 0.875 bits per heavy atom. The third-order valence-corrected chi connectivity index (χ3v) is 6.49. The minimum atomic E-state index is 0.298. The quantitative estimate of drug-likeness (QED) is 0.573. The summed E-state index contributed by atoms with van der Waals surface area (Å²) in [6.07, 6.45) is 0. The molecule has 0 aliphatic heterocycles. The van der Waals surface area contributed by atoms with Crippen LogP contribution >= 0.6 is 0 Å². The zero-order valence-electron chi connectivity index (χ0n) is 13.6. The lowest BCUT2D eigenvalue weighted by molar-refractivity contribution is -0.106. The molecule has 0 aromatic heterocycles. The fraction of sp³-hybridized carbons (Fsp3) is 1.00. The molecule has 0 heterocycles. The van der Waals surface area contributed by atoms with Gasteiger partial charge >= 0.3 is 0 Å². The van der Waals surface area contributed by atoms with Crippen LogP contribution in [0.1, 0.15) is 76.2 Å². The Hall–Kier alpha value is 0. The van der Waals surface area contributed by atoms with Crippen LogP contribution in [0.2, 0.25) is 0 Å². The maximum Gasteiger partial charge on any atom is -0.0244 e. The third-order valence-electron chi connectivity index (χ3n) is 6.49. The molecule has 0 aliphatic carbocycles. The van der Waals surface area contributed by atoms with Crippen LogP contribution in [0.5, 0.6) is 0 Å². The Labute approximate surface area is 104 Å². The highest BCUT2D eigenvalue weighted by Gasteiger charge is 2.53. The van der Waals surface area contributed by atoms with Crippen LogP contribution in [0, 0.1) is 27.6 Å². The van der Waals surface area contributed by atoms with E-state index >= 15 is 0 Å². The van der Waals surface area contributed by atoms with Crippen molar-refractivity contribution < 1.29 is 0 Å². The topological polar surface area (TPSA) is 0 Å². The van der Waals surface area contributed by atoms with E-state index in [9.17, 15) is 0 Å². The molecular weight excluding hydrogens is 192 g/mol. The molecule has 0 bridgehead atoms. The normalized spacial score (nSPS) is 15.8. The monoisotopic (exact) mass is 226 g/mol. The lowest BCUT2D eigenvalue weighted by Gasteiger charge is -2.59. The molecule has 0 heteroatoms. The zero-order chi connectivity index (χ0) is 13.6. The molecule has 0 aliphatic rings. The summed E-state index contributed by atoms with van der Waals surface area (Å²) in [5.74, 6) is 0.698. The Morgan fingerprint density at radius 3 is 1.06 bits per heavy atom. The van der Waals surface area contributed by atoms with E-state index in [1.807, 2.05) is 0 Å². The predicted octanol–water partition coefficient (Wildman–Crippen LogP) is 5.77. The summed E-state index contributed by atoms with van der Waals surface area (Å²) in [5, 5.41) is 0. The van der Waals surface area contributed by atoms with E-state index in [0.29, 0.717) is 27.6 Å². The second-order valence-electron chi connectivity index (χ2n) is 8.38. The molecule has 16 heavy (non-hydrogen) atoms. The first-order valence-corrected chi connectivity index (χ1v) is 6.69. The van der Waals surface area contributed by atoms with Crippen molar-refractivity contribution in [2.45, 2.75) is 76.2 Å². The van der Waals surface area contributed by atoms with Crippen LogP contribution in [-0.2, 0) is 0 Å². The van der Waals surface area contributed by atoms with Gasteiger partial charge < -0.3 is 0 Å². The van der Waals surface area contributed by atoms with Gasteiger partial charge in [-0.1, -0.05) is 76.2 Å². The minimum absolute atomic E-state index is 0.298. The van der Waals surface area contributed by atoms with Gasteiger partial charge in [-0.05, 0) is 27.6 Å². The highest BCUT2D eigenvalue weighted by molar-refractivity contribution is 5.02. The smallest absolute Gasteiger partial charge is 0.0244 e. The van der Waals surface area contributed by atoms with Crippen molar-refractivity contribution in [3.05, 3.63) is 0 Å². The highest BCUT2D eigenvalue weighted by Crippen LogP contribution is 2.60. The molecule has 0 radical (unpaired) electrons. The fourth-order valence-corrected chi connectivity index (χ4v) is 2.46. The van der Waals surface area contributed by atoms with Crippen LogP contribution in [0.4, 0.5) is 0 Å². The summed E-state index contributed by atoms with van der Waals surface area (Å²) in [5.41, 5.74) is 1.26. The van der Waals surface area contributed by atoms with Gasteiger partial charge in [-0.25, -0.2) is 0 Å². The largest absolute Gasteiger partial charge is 0.0622 e. The molecular formula is C16H34. The van der Waals surface area contributed by atoms with Gasteiger partial charge in [0.25, 0.3) is 0 Å². The number of hydrogen-bond acceptors (Lipinski definition) is 0. The van der Waals surface area contributed by atoms with Crippen molar-refractivity contribution in [3.63, 3.8) is 0 Å². The van der Waals surface area contributed by atoms with Gasteiger partial charge in [-0.3, -0.25) is 0 Å². The van der Waals surface area contributed by atoms with Gasteiger partial charge in [0.2, 0.25) is 0 Å².